The van der Waals surface area contributed by atoms with Crippen LogP contribution < -0.4 is 16.8 Å². The summed E-state index contributed by atoms with van der Waals surface area (Å²) in [6.45, 7) is 1.96. The van der Waals surface area contributed by atoms with Gasteiger partial charge in [0.1, 0.15) is 6.04 Å². The molecule has 15 heavy (non-hydrogen) atoms. The van der Waals surface area contributed by atoms with E-state index in [2.05, 4.69) is 5.32 Å². The van der Waals surface area contributed by atoms with Crippen LogP contribution in [0.4, 0.5) is 0 Å². The molecule has 6 heteroatoms. The lowest BCUT2D eigenvalue weighted by atomic mass is 10.1. The van der Waals surface area contributed by atoms with Crippen molar-refractivity contribution in [2.75, 3.05) is 6.54 Å². The van der Waals surface area contributed by atoms with Crippen molar-refractivity contribution in [1.29, 1.82) is 0 Å². The maximum Gasteiger partial charge on any atom is 0.325 e. The summed E-state index contributed by atoms with van der Waals surface area (Å²) in [6.07, 6.45) is 2.11. The third-order valence-corrected chi connectivity index (χ3v) is 2.04. The average molecular weight is 217 g/mol. The van der Waals surface area contributed by atoms with Gasteiger partial charge in [0.2, 0.25) is 5.91 Å². The number of rotatable bonds is 7. The summed E-state index contributed by atoms with van der Waals surface area (Å²) in [5, 5.41) is 10.9. The summed E-state index contributed by atoms with van der Waals surface area (Å²) >= 11 is 0. The van der Waals surface area contributed by atoms with E-state index in [9.17, 15) is 9.59 Å². The molecular weight excluding hydrogens is 198 g/mol. The van der Waals surface area contributed by atoms with Crippen LogP contribution in [0.2, 0.25) is 0 Å². The maximum atomic E-state index is 11.3. The molecule has 88 valence electrons. The molecule has 0 aliphatic heterocycles. The second-order valence-corrected chi connectivity index (χ2v) is 3.46. The van der Waals surface area contributed by atoms with Gasteiger partial charge in [-0.3, -0.25) is 9.59 Å². The molecule has 0 saturated carbocycles. The Kier molecular flexibility index (Phi) is 6.64. The lowest BCUT2D eigenvalue weighted by Crippen LogP contribution is -2.47. The Hall–Kier alpha value is -1.14. The molecule has 0 aromatic heterocycles. The first-order chi connectivity index (χ1) is 6.99. The number of hydrogen-bond donors (Lipinski definition) is 4. The molecule has 0 aliphatic carbocycles. The highest BCUT2D eigenvalue weighted by molar-refractivity contribution is 5.86. The quantitative estimate of drug-likeness (QED) is 0.409. The predicted octanol–water partition coefficient (Wildman–Crippen LogP) is -0.968. The van der Waals surface area contributed by atoms with Gasteiger partial charge in [-0.1, -0.05) is 6.42 Å². The normalized spacial score (nSPS) is 14.3. The first-order valence-corrected chi connectivity index (χ1v) is 4.98. The summed E-state index contributed by atoms with van der Waals surface area (Å²) in [5.74, 6) is -1.50. The second kappa shape index (κ2) is 7.19. The molecule has 0 aromatic carbocycles. The highest BCUT2D eigenvalue weighted by Crippen LogP contribution is 1.98. The number of carbonyl (C=O) groups excluding carboxylic acids is 1. The maximum absolute atomic E-state index is 11.3. The van der Waals surface area contributed by atoms with E-state index in [-0.39, 0.29) is 0 Å². The van der Waals surface area contributed by atoms with Crippen molar-refractivity contribution >= 4 is 11.9 Å². The Labute approximate surface area is 89.0 Å². The number of amides is 1. The van der Waals surface area contributed by atoms with Gasteiger partial charge in [-0.15, -0.1) is 0 Å². The van der Waals surface area contributed by atoms with E-state index >= 15 is 0 Å². The Balaban J connectivity index is 3.83. The molecule has 6 N–H and O–H groups in total. The summed E-state index contributed by atoms with van der Waals surface area (Å²) in [5.41, 5.74) is 10.9. The highest BCUT2D eigenvalue weighted by Gasteiger charge is 2.18. The lowest BCUT2D eigenvalue weighted by molar-refractivity contribution is -0.141. The molecule has 0 saturated heterocycles. The Morgan fingerprint density at radius 3 is 2.47 bits per heavy atom. The van der Waals surface area contributed by atoms with Gasteiger partial charge >= 0.3 is 5.97 Å². The highest BCUT2D eigenvalue weighted by atomic mass is 16.4. The van der Waals surface area contributed by atoms with Crippen molar-refractivity contribution in [2.24, 2.45) is 11.5 Å². The van der Waals surface area contributed by atoms with Gasteiger partial charge in [0.15, 0.2) is 0 Å². The molecule has 0 aliphatic rings. The van der Waals surface area contributed by atoms with Crippen LogP contribution >= 0.6 is 0 Å². The summed E-state index contributed by atoms with van der Waals surface area (Å²) in [4.78, 5) is 21.8. The third-order valence-electron chi connectivity index (χ3n) is 2.04. The van der Waals surface area contributed by atoms with Crippen LogP contribution in [-0.4, -0.2) is 35.6 Å². The minimum Gasteiger partial charge on any atom is -0.480 e. The zero-order valence-corrected chi connectivity index (χ0v) is 8.90. The number of carbonyl (C=O) groups is 2. The van der Waals surface area contributed by atoms with Crippen molar-refractivity contribution in [3.05, 3.63) is 0 Å². The largest absolute Gasteiger partial charge is 0.480 e. The van der Waals surface area contributed by atoms with E-state index in [0.29, 0.717) is 13.0 Å². The molecule has 0 bridgehead atoms. The van der Waals surface area contributed by atoms with Gasteiger partial charge in [0.25, 0.3) is 0 Å². The zero-order valence-electron chi connectivity index (χ0n) is 8.90. The minimum atomic E-state index is -1.07. The smallest absolute Gasteiger partial charge is 0.325 e. The van der Waals surface area contributed by atoms with Crippen molar-refractivity contribution < 1.29 is 14.7 Å². The van der Waals surface area contributed by atoms with Gasteiger partial charge in [-0.25, -0.2) is 0 Å². The zero-order chi connectivity index (χ0) is 11.8. The van der Waals surface area contributed by atoms with E-state index in [0.717, 1.165) is 12.8 Å². The van der Waals surface area contributed by atoms with Gasteiger partial charge in [-0.2, -0.15) is 0 Å². The van der Waals surface area contributed by atoms with E-state index < -0.39 is 24.0 Å². The minimum absolute atomic E-state index is 0.429. The average Bonchev–Trinajstić information content (AvgIpc) is 2.17. The van der Waals surface area contributed by atoms with Crippen LogP contribution in [0.5, 0.6) is 0 Å². The van der Waals surface area contributed by atoms with Crippen LogP contribution in [0.15, 0.2) is 0 Å². The van der Waals surface area contributed by atoms with E-state index in [1.54, 1.807) is 0 Å². The van der Waals surface area contributed by atoms with Gasteiger partial charge in [0.05, 0.1) is 6.04 Å². The van der Waals surface area contributed by atoms with Gasteiger partial charge < -0.3 is 21.9 Å². The lowest BCUT2D eigenvalue weighted by Gasteiger charge is -2.14. The number of hydrogen-bond acceptors (Lipinski definition) is 4. The molecule has 0 fully saturated rings. The Morgan fingerprint density at radius 2 is 2.00 bits per heavy atom. The topological polar surface area (TPSA) is 118 Å². The van der Waals surface area contributed by atoms with E-state index in [1.807, 2.05) is 0 Å². The molecule has 2 atom stereocenters. The molecule has 0 spiro atoms. The van der Waals surface area contributed by atoms with Crippen molar-refractivity contribution in [2.45, 2.75) is 38.3 Å². The fraction of sp³-hybridized carbons (Fsp3) is 0.778. The SMILES string of the molecule is C[C@@H](NC(=O)C(N)CCCCN)C(=O)O. The van der Waals surface area contributed by atoms with E-state index in [4.69, 9.17) is 16.6 Å². The van der Waals surface area contributed by atoms with Gasteiger partial charge in [-0.05, 0) is 26.3 Å². The predicted molar refractivity (Wildman–Crippen MR) is 56.1 cm³/mol. The van der Waals surface area contributed by atoms with Gasteiger partial charge in [0, 0.05) is 0 Å². The van der Waals surface area contributed by atoms with Crippen LogP contribution in [0.25, 0.3) is 0 Å². The van der Waals surface area contributed by atoms with Crippen molar-refractivity contribution in [3.63, 3.8) is 0 Å². The van der Waals surface area contributed by atoms with Crippen molar-refractivity contribution in [3.8, 4) is 0 Å². The van der Waals surface area contributed by atoms with Crippen LogP contribution in [0.3, 0.4) is 0 Å². The fourth-order valence-corrected chi connectivity index (χ4v) is 1.02. The Morgan fingerprint density at radius 1 is 1.40 bits per heavy atom. The van der Waals surface area contributed by atoms with Crippen LogP contribution in [0.1, 0.15) is 26.2 Å². The summed E-state index contributed by atoms with van der Waals surface area (Å²) in [7, 11) is 0. The number of carboxylic acids is 1. The molecule has 0 radical (unpaired) electrons. The molecule has 0 aromatic rings. The number of unbranched alkanes of at least 4 members (excludes halogenated alkanes) is 1. The Bertz CT molecular complexity index is 221. The van der Waals surface area contributed by atoms with E-state index in [1.165, 1.54) is 6.92 Å². The molecular formula is C9H19N3O3. The monoisotopic (exact) mass is 217 g/mol. The fourth-order valence-electron chi connectivity index (χ4n) is 1.02. The molecule has 0 heterocycles. The molecule has 0 rings (SSSR count). The standard InChI is InChI=1S/C9H19N3O3/c1-6(9(14)15)12-8(13)7(11)4-2-3-5-10/h6-7H,2-5,10-11H2,1H3,(H,12,13)(H,14,15)/t6-,7?/m1/s1. The first kappa shape index (κ1) is 13.9. The first-order valence-electron chi connectivity index (χ1n) is 4.98. The molecule has 1 amide bonds. The number of carboxylic acid groups (broad SMARTS) is 1. The number of nitrogens with one attached hydrogen (secondary N) is 1. The van der Waals surface area contributed by atoms with Crippen LogP contribution in [0, 0.1) is 0 Å². The van der Waals surface area contributed by atoms with Crippen molar-refractivity contribution in [1.82, 2.24) is 5.32 Å². The molecule has 1 unspecified atom stereocenters. The van der Waals surface area contributed by atoms with Crippen LogP contribution in [-0.2, 0) is 9.59 Å². The molecule has 6 nitrogen and oxygen atoms in total. The summed E-state index contributed by atoms with van der Waals surface area (Å²) < 4.78 is 0. The summed E-state index contributed by atoms with van der Waals surface area (Å²) in [6, 6.07) is -1.56. The second-order valence-electron chi connectivity index (χ2n) is 3.46. The third kappa shape index (κ3) is 6.03. The number of aliphatic carboxylic acids is 1. The number of nitrogens with two attached hydrogens (primary N) is 2.